The van der Waals surface area contributed by atoms with E-state index in [1.807, 2.05) is 23.9 Å². The number of aromatic nitrogens is 2. The summed E-state index contributed by atoms with van der Waals surface area (Å²) in [6.07, 6.45) is 5.02. The molecule has 27 heavy (non-hydrogen) atoms. The van der Waals surface area contributed by atoms with Crippen molar-refractivity contribution in [1.29, 1.82) is 0 Å². The molecule has 3 heterocycles. The molecule has 10 heteroatoms. The lowest BCUT2D eigenvalue weighted by Gasteiger charge is -2.31. The molecule has 1 fully saturated rings. The molecular formula is C17H23BrN4O3S2. The number of hydrogen-bond donors (Lipinski definition) is 1. The highest BCUT2D eigenvalue weighted by atomic mass is 79.9. The molecule has 1 aliphatic rings. The van der Waals surface area contributed by atoms with Gasteiger partial charge in [-0.15, -0.1) is 11.3 Å². The number of carbonyl (C=O) groups is 1. The quantitative estimate of drug-likeness (QED) is 0.667. The van der Waals surface area contributed by atoms with Crippen LogP contribution in [0.5, 0.6) is 0 Å². The molecule has 0 aliphatic carbocycles. The van der Waals surface area contributed by atoms with Crippen LogP contribution >= 0.6 is 27.3 Å². The highest BCUT2D eigenvalue weighted by Gasteiger charge is 2.34. The number of piperidine rings is 1. The van der Waals surface area contributed by atoms with E-state index in [-0.39, 0.29) is 24.3 Å². The van der Waals surface area contributed by atoms with Crippen molar-refractivity contribution in [3.05, 3.63) is 34.4 Å². The molecular weight excluding hydrogens is 452 g/mol. The van der Waals surface area contributed by atoms with Gasteiger partial charge in [0.2, 0.25) is 5.91 Å². The lowest BCUT2D eigenvalue weighted by atomic mass is 9.98. The molecule has 2 unspecified atom stereocenters. The Morgan fingerprint density at radius 3 is 2.96 bits per heavy atom. The van der Waals surface area contributed by atoms with Crippen molar-refractivity contribution in [2.75, 3.05) is 19.6 Å². The van der Waals surface area contributed by atoms with Crippen LogP contribution in [0, 0.1) is 11.8 Å². The number of nitrogens with zero attached hydrogens (tertiary/aromatic N) is 3. The number of amides is 1. The van der Waals surface area contributed by atoms with Crippen molar-refractivity contribution in [2.24, 2.45) is 11.8 Å². The summed E-state index contributed by atoms with van der Waals surface area (Å²) in [4.78, 5) is 12.6. The van der Waals surface area contributed by atoms with E-state index in [4.69, 9.17) is 0 Å². The number of thiophene rings is 1. The van der Waals surface area contributed by atoms with Gasteiger partial charge in [0, 0.05) is 38.6 Å². The van der Waals surface area contributed by atoms with Crippen LogP contribution in [0.25, 0.3) is 0 Å². The molecule has 1 amide bonds. The van der Waals surface area contributed by atoms with Crippen LogP contribution in [-0.4, -0.2) is 48.0 Å². The molecule has 0 aromatic carbocycles. The maximum absolute atomic E-state index is 12.8. The van der Waals surface area contributed by atoms with Gasteiger partial charge in [0.25, 0.3) is 10.0 Å². The molecule has 0 saturated carbocycles. The molecule has 2 aromatic heterocycles. The summed E-state index contributed by atoms with van der Waals surface area (Å²) < 4.78 is 29.9. The molecule has 0 spiro atoms. The first kappa shape index (κ1) is 20.5. The lowest BCUT2D eigenvalue weighted by molar-refractivity contribution is -0.126. The highest BCUT2D eigenvalue weighted by Crippen LogP contribution is 2.30. The third kappa shape index (κ3) is 5.18. The van der Waals surface area contributed by atoms with Crippen LogP contribution in [0.15, 0.2) is 38.6 Å². The Morgan fingerprint density at radius 1 is 1.48 bits per heavy atom. The minimum atomic E-state index is -3.54. The Labute approximate surface area is 171 Å². The summed E-state index contributed by atoms with van der Waals surface area (Å²) in [6.45, 7) is 4.01. The van der Waals surface area contributed by atoms with E-state index in [2.05, 4.69) is 26.3 Å². The van der Waals surface area contributed by atoms with E-state index in [1.165, 1.54) is 15.6 Å². The molecule has 2 aromatic rings. The number of hydrogen-bond acceptors (Lipinski definition) is 5. The van der Waals surface area contributed by atoms with Crippen molar-refractivity contribution in [3.63, 3.8) is 0 Å². The number of carbonyl (C=O) groups excluding carboxylic acids is 1. The largest absolute Gasteiger partial charge is 0.355 e. The van der Waals surface area contributed by atoms with Gasteiger partial charge in [-0.3, -0.25) is 9.48 Å². The lowest BCUT2D eigenvalue weighted by Crippen LogP contribution is -2.46. The van der Waals surface area contributed by atoms with Gasteiger partial charge in [0.05, 0.1) is 9.70 Å². The Bertz CT molecular complexity index is 867. The smallest absolute Gasteiger partial charge is 0.252 e. The second kappa shape index (κ2) is 8.85. The van der Waals surface area contributed by atoms with Gasteiger partial charge in [-0.2, -0.15) is 9.40 Å². The first-order valence-electron chi connectivity index (χ1n) is 8.87. The van der Waals surface area contributed by atoms with Gasteiger partial charge in [-0.05, 0) is 52.9 Å². The second-order valence-electron chi connectivity index (χ2n) is 6.84. The Kier molecular flexibility index (Phi) is 6.72. The minimum Gasteiger partial charge on any atom is -0.355 e. The van der Waals surface area contributed by atoms with E-state index in [0.29, 0.717) is 30.1 Å². The summed E-state index contributed by atoms with van der Waals surface area (Å²) in [5.41, 5.74) is 0. The standard InChI is InChI=1S/C17H23BrN4O3S2/c1-13(11-21-8-3-7-20-21)10-19-17(23)14-4-2-9-22(12-14)27(24,25)16-6-5-15(18)26-16/h3,5-8,13-14H,2,4,9-12H2,1H3,(H,19,23). The first-order chi connectivity index (χ1) is 12.9. The van der Waals surface area contributed by atoms with Crippen LogP contribution in [0.2, 0.25) is 0 Å². The predicted molar refractivity (Wildman–Crippen MR) is 108 cm³/mol. The van der Waals surface area contributed by atoms with Crippen molar-refractivity contribution in [2.45, 2.75) is 30.5 Å². The number of rotatable bonds is 7. The molecule has 1 N–H and O–H groups in total. The Balaban J connectivity index is 1.55. The molecule has 1 saturated heterocycles. The van der Waals surface area contributed by atoms with Gasteiger partial charge in [0.1, 0.15) is 4.21 Å². The van der Waals surface area contributed by atoms with Gasteiger partial charge in [-0.25, -0.2) is 8.42 Å². The van der Waals surface area contributed by atoms with Crippen LogP contribution in [0.4, 0.5) is 0 Å². The van der Waals surface area contributed by atoms with Crippen molar-refractivity contribution < 1.29 is 13.2 Å². The zero-order valence-electron chi connectivity index (χ0n) is 15.0. The van der Waals surface area contributed by atoms with Gasteiger partial charge >= 0.3 is 0 Å². The maximum atomic E-state index is 12.8. The fourth-order valence-corrected chi connectivity index (χ4v) is 6.84. The molecule has 7 nitrogen and oxygen atoms in total. The van der Waals surface area contributed by atoms with E-state index >= 15 is 0 Å². The Hall–Kier alpha value is -1.23. The van der Waals surface area contributed by atoms with Crippen molar-refractivity contribution in [3.8, 4) is 0 Å². The van der Waals surface area contributed by atoms with Crippen molar-refractivity contribution in [1.82, 2.24) is 19.4 Å². The van der Waals surface area contributed by atoms with Crippen LogP contribution in [0.1, 0.15) is 19.8 Å². The van der Waals surface area contributed by atoms with Crippen LogP contribution in [-0.2, 0) is 21.4 Å². The van der Waals surface area contributed by atoms with E-state index < -0.39 is 10.0 Å². The molecule has 0 radical (unpaired) electrons. The highest BCUT2D eigenvalue weighted by molar-refractivity contribution is 9.11. The molecule has 0 bridgehead atoms. The zero-order valence-corrected chi connectivity index (χ0v) is 18.3. The van der Waals surface area contributed by atoms with Gasteiger partial charge in [-0.1, -0.05) is 6.92 Å². The second-order valence-corrected chi connectivity index (χ2v) is 11.5. The van der Waals surface area contributed by atoms with E-state index in [0.717, 1.165) is 10.3 Å². The van der Waals surface area contributed by atoms with Crippen LogP contribution < -0.4 is 5.32 Å². The summed E-state index contributed by atoms with van der Waals surface area (Å²) in [5.74, 6) is -0.149. The Morgan fingerprint density at radius 2 is 2.30 bits per heavy atom. The monoisotopic (exact) mass is 474 g/mol. The SMILES string of the molecule is CC(CNC(=O)C1CCCN(S(=O)(=O)c2ccc(Br)s2)C1)Cn1cccn1. The minimum absolute atomic E-state index is 0.0745. The maximum Gasteiger partial charge on any atom is 0.252 e. The average Bonchev–Trinajstić information content (AvgIpc) is 3.31. The van der Waals surface area contributed by atoms with E-state index in [1.54, 1.807) is 18.3 Å². The summed E-state index contributed by atoms with van der Waals surface area (Å²) in [5, 5.41) is 7.14. The predicted octanol–water partition coefficient (Wildman–Crippen LogP) is 2.56. The fraction of sp³-hybridized carbons (Fsp3) is 0.529. The summed E-state index contributed by atoms with van der Waals surface area (Å²) in [6, 6.07) is 5.20. The van der Waals surface area contributed by atoms with E-state index in [9.17, 15) is 13.2 Å². The topological polar surface area (TPSA) is 84.3 Å². The van der Waals surface area contributed by atoms with Gasteiger partial charge < -0.3 is 5.32 Å². The number of halogens is 1. The van der Waals surface area contributed by atoms with Crippen molar-refractivity contribution >= 4 is 43.2 Å². The molecule has 1 aliphatic heterocycles. The first-order valence-corrected chi connectivity index (χ1v) is 11.9. The van der Waals surface area contributed by atoms with Gasteiger partial charge in [0.15, 0.2) is 0 Å². The summed E-state index contributed by atoms with van der Waals surface area (Å²) in [7, 11) is -3.54. The zero-order chi connectivity index (χ0) is 19.4. The third-order valence-corrected chi connectivity index (χ3v) is 8.54. The normalized spacial score (nSPS) is 19.7. The summed E-state index contributed by atoms with van der Waals surface area (Å²) >= 11 is 4.50. The third-order valence-electron chi connectivity index (χ3n) is 4.58. The molecule has 3 rings (SSSR count). The number of nitrogens with one attached hydrogen (secondary N) is 1. The fourth-order valence-electron chi connectivity index (χ4n) is 3.15. The average molecular weight is 475 g/mol. The molecule has 2 atom stereocenters. The number of sulfonamides is 1. The van der Waals surface area contributed by atoms with Crippen LogP contribution in [0.3, 0.4) is 0 Å². The molecule has 148 valence electrons.